The lowest BCUT2D eigenvalue weighted by Gasteiger charge is -2.23. The average Bonchev–Trinajstić information content (AvgIpc) is 3.21. The van der Waals surface area contributed by atoms with Crippen LogP contribution in [0.4, 0.5) is 0 Å². The zero-order valence-electron chi connectivity index (χ0n) is 20.9. The van der Waals surface area contributed by atoms with Gasteiger partial charge in [0.15, 0.2) is 0 Å². The zero-order chi connectivity index (χ0) is 25.7. The molecule has 1 saturated carbocycles. The Kier molecular flexibility index (Phi) is 8.83. The molecule has 1 amide bonds. The van der Waals surface area contributed by atoms with Crippen LogP contribution in [0.3, 0.4) is 0 Å². The van der Waals surface area contributed by atoms with E-state index in [-0.39, 0.29) is 23.8 Å². The summed E-state index contributed by atoms with van der Waals surface area (Å²) in [4.78, 5) is 13.1. The molecule has 1 fully saturated rings. The Morgan fingerprint density at radius 2 is 1.75 bits per heavy atom. The van der Waals surface area contributed by atoms with Crippen molar-refractivity contribution in [3.8, 4) is 0 Å². The fourth-order valence-electron chi connectivity index (χ4n) is 5.53. The molecule has 0 bridgehead atoms. The van der Waals surface area contributed by atoms with Crippen LogP contribution < -0.4 is 10.0 Å². The number of rotatable bonds is 10. The third-order valence-electron chi connectivity index (χ3n) is 7.70. The summed E-state index contributed by atoms with van der Waals surface area (Å²) in [5.74, 6) is -0.251. The first kappa shape index (κ1) is 26.8. The number of fused-ring (bicyclic) bond motifs is 1. The number of aliphatic hydroxyl groups is 2. The van der Waals surface area contributed by atoms with E-state index in [1.807, 2.05) is 43.3 Å². The van der Waals surface area contributed by atoms with E-state index in [0.717, 1.165) is 24.0 Å². The molecule has 4 N–H and O–H groups in total. The van der Waals surface area contributed by atoms with E-state index in [1.165, 1.54) is 24.8 Å². The molecule has 2 aromatic rings. The minimum absolute atomic E-state index is 0.121. The van der Waals surface area contributed by atoms with Crippen LogP contribution in [0.2, 0.25) is 0 Å². The van der Waals surface area contributed by atoms with Crippen LogP contribution in [0.25, 0.3) is 0 Å². The maximum absolute atomic E-state index is 12.9. The molecule has 4 rings (SSSR count). The van der Waals surface area contributed by atoms with Crippen LogP contribution in [0, 0.1) is 5.92 Å². The smallest absolute Gasteiger partial charge is 0.240 e. The molecule has 8 heteroatoms. The lowest BCUT2D eigenvalue weighted by molar-refractivity contribution is -0.127. The van der Waals surface area contributed by atoms with Crippen molar-refractivity contribution in [3.63, 3.8) is 0 Å². The van der Waals surface area contributed by atoms with Crippen molar-refractivity contribution in [1.82, 2.24) is 10.0 Å². The van der Waals surface area contributed by atoms with E-state index >= 15 is 0 Å². The highest BCUT2D eigenvalue weighted by atomic mass is 32.2. The second kappa shape index (κ2) is 11.9. The molecule has 0 radical (unpaired) electrons. The van der Waals surface area contributed by atoms with Crippen molar-refractivity contribution in [2.24, 2.45) is 5.92 Å². The summed E-state index contributed by atoms with van der Waals surface area (Å²) in [6.07, 6.45) is 5.40. The van der Waals surface area contributed by atoms with Crippen LogP contribution in [0.5, 0.6) is 0 Å². The number of aliphatic hydroxyl groups excluding tert-OH is 2. The third-order valence-corrected chi connectivity index (χ3v) is 9.14. The molecule has 0 aliphatic heterocycles. The van der Waals surface area contributed by atoms with Gasteiger partial charge in [-0.15, -0.1) is 0 Å². The van der Waals surface area contributed by atoms with Crippen LogP contribution in [0.15, 0.2) is 53.4 Å². The molecule has 0 heterocycles. The van der Waals surface area contributed by atoms with Gasteiger partial charge in [0.25, 0.3) is 0 Å². The van der Waals surface area contributed by atoms with Crippen LogP contribution in [-0.4, -0.2) is 43.3 Å². The average molecular weight is 515 g/mol. The van der Waals surface area contributed by atoms with Gasteiger partial charge in [-0.05, 0) is 60.4 Å². The Bertz CT molecular complexity index is 1130. The molecule has 36 heavy (non-hydrogen) atoms. The highest BCUT2D eigenvalue weighted by molar-refractivity contribution is 7.89. The van der Waals surface area contributed by atoms with E-state index < -0.39 is 34.2 Å². The molecule has 2 aliphatic carbocycles. The maximum atomic E-state index is 12.9. The molecule has 196 valence electrons. The number of hydrogen-bond acceptors (Lipinski definition) is 5. The Morgan fingerprint density at radius 1 is 1.06 bits per heavy atom. The van der Waals surface area contributed by atoms with E-state index in [9.17, 15) is 23.4 Å². The van der Waals surface area contributed by atoms with E-state index in [4.69, 9.17) is 0 Å². The number of benzene rings is 2. The first-order chi connectivity index (χ1) is 17.3. The summed E-state index contributed by atoms with van der Waals surface area (Å²) < 4.78 is 28.0. The minimum atomic E-state index is -3.77. The summed E-state index contributed by atoms with van der Waals surface area (Å²) in [6, 6.07) is 14.2. The van der Waals surface area contributed by atoms with Gasteiger partial charge >= 0.3 is 0 Å². The second-order valence-corrected chi connectivity index (χ2v) is 12.0. The number of nitrogens with one attached hydrogen (secondary N) is 2. The molecule has 0 aromatic heterocycles. The quantitative estimate of drug-likeness (QED) is 0.387. The topological polar surface area (TPSA) is 116 Å². The Morgan fingerprint density at radius 3 is 2.44 bits per heavy atom. The normalized spacial score (nSPS) is 22.1. The number of carbonyl (C=O) groups is 1. The highest BCUT2D eigenvalue weighted by Crippen LogP contribution is 2.33. The summed E-state index contributed by atoms with van der Waals surface area (Å²) >= 11 is 0. The summed E-state index contributed by atoms with van der Waals surface area (Å²) in [5, 5.41) is 23.9. The van der Waals surface area contributed by atoms with Crippen molar-refractivity contribution in [1.29, 1.82) is 0 Å². The van der Waals surface area contributed by atoms with E-state index in [0.29, 0.717) is 18.8 Å². The van der Waals surface area contributed by atoms with Gasteiger partial charge in [0.05, 0.1) is 23.1 Å². The molecule has 4 unspecified atom stereocenters. The largest absolute Gasteiger partial charge is 0.392 e. The Balaban J connectivity index is 1.30. The molecular weight excluding hydrogens is 476 g/mol. The molecule has 0 spiro atoms. The Hall–Kier alpha value is -2.26. The van der Waals surface area contributed by atoms with Gasteiger partial charge in [-0.3, -0.25) is 4.79 Å². The SMILES string of the molecule is CCC(CC(O)CNS(=O)(=O)c1ccc(C2CCCCC2)cc1)C(=O)NC1c2ccccc2CC1O. The molecule has 4 atom stereocenters. The van der Waals surface area contributed by atoms with Crippen molar-refractivity contribution in [2.45, 2.75) is 87.4 Å². The van der Waals surface area contributed by atoms with Crippen LogP contribution in [-0.2, 0) is 21.2 Å². The predicted octanol–water partition coefficient (Wildman–Crippen LogP) is 3.56. The van der Waals surface area contributed by atoms with Gasteiger partial charge in [-0.25, -0.2) is 13.1 Å². The molecule has 7 nitrogen and oxygen atoms in total. The van der Waals surface area contributed by atoms with Gasteiger partial charge in [0.2, 0.25) is 15.9 Å². The maximum Gasteiger partial charge on any atom is 0.240 e. The van der Waals surface area contributed by atoms with Gasteiger partial charge < -0.3 is 15.5 Å². The number of sulfonamides is 1. The second-order valence-electron chi connectivity index (χ2n) is 10.2. The first-order valence-electron chi connectivity index (χ1n) is 13.1. The van der Waals surface area contributed by atoms with Crippen molar-refractivity contribution < 1.29 is 23.4 Å². The number of carbonyl (C=O) groups excluding carboxylic acids is 1. The predicted molar refractivity (Wildman–Crippen MR) is 139 cm³/mol. The summed E-state index contributed by atoms with van der Waals surface area (Å²) in [5.41, 5.74) is 3.11. The lowest BCUT2D eigenvalue weighted by atomic mass is 9.84. The fraction of sp³-hybridized carbons (Fsp3) is 0.536. The summed E-state index contributed by atoms with van der Waals surface area (Å²) in [7, 11) is -3.77. The van der Waals surface area contributed by atoms with Gasteiger partial charge in [-0.2, -0.15) is 0 Å². The number of hydrogen-bond donors (Lipinski definition) is 4. The highest BCUT2D eigenvalue weighted by Gasteiger charge is 2.33. The van der Waals surface area contributed by atoms with Crippen molar-refractivity contribution >= 4 is 15.9 Å². The van der Waals surface area contributed by atoms with Gasteiger partial charge in [-0.1, -0.05) is 62.6 Å². The molecular formula is C28H38N2O5S. The Labute approximate surface area is 214 Å². The van der Waals surface area contributed by atoms with E-state index in [2.05, 4.69) is 10.0 Å². The van der Waals surface area contributed by atoms with Gasteiger partial charge in [0.1, 0.15) is 0 Å². The first-order valence-corrected chi connectivity index (χ1v) is 14.6. The van der Waals surface area contributed by atoms with Crippen LogP contribution in [0.1, 0.15) is 80.5 Å². The zero-order valence-corrected chi connectivity index (χ0v) is 21.7. The van der Waals surface area contributed by atoms with Crippen LogP contribution >= 0.6 is 0 Å². The summed E-state index contributed by atoms with van der Waals surface area (Å²) in [6.45, 7) is 1.68. The van der Waals surface area contributed by atoms with Crippen molar-refractivity contribution in [3.05, 3.63) is 65.2 Å². The monoisotopic (exact) mass is 514 g/mol. The fourth-order valence-corrected chi connectivity index (χ4v) is 6.61. The minimum Gasteiger partial charge on any atom is -0.392 e. The van der Waals surface area contributed by atoms with Crippen molar-refractivity contribution in [2.75, 3.05) is 6.54 Å². The van der Waals surface area contributed by atoms with E-state index in [1.54, 1.807) is 12.1 Å². The number of amides is 1. The lowest BCUT2D eigenvalue weighted by Crippen LogP contribution is -2.40. The van der Waals surface area contributed by atoms with Gasteiger partial charge in [0, 0.05) is 18.9 Å². The molecule has 2 aromatic carbocycles. The third kappa shape index (κ3) is 6.35. The molecule has 0 saturated heterocycles. The standard InChI is InChI=1S/C28H38N2O5S/c1-2-19(28(33)30-27-25-11-7-6-10-22(25)17-26(27)32)16-23(31)18-29-36(34,35)24-14-12-21(13-15-24)20-8-4-3-5-9-20/h6-7,10-15,19-20,23,26-27,29,31-32H,2-5,8-9,16-18H2,1H3,(H,30,33). The molecule has 2 aliphatic rings.